The quantitative estimate of drug-likeness (QED) is 0.426. The molecule has 1 aliphatic carbocycles. The molecule has 0 bridgehead atoms. The van der Waals surface area contributed by atoms with E-state index in [-0.39, 0.29) is 67.8 Å². The summed E-state index contributed by atoms with van der Waals surface area (Å²) in [6.45, 7) is 11.1. The number of carbonyl (C=O) groups excluding carboxylic acids is 3. The van der Waals surface area contributed by atoms with E-state index in [1.165, 1.54) is 0 Å². The number of likely N-dealkylation sites (N-methyl/N-ethyl adjacent to an activating group) is 1. The van der Waals surface area contributed by atoms with Crippen molar-refractivity contribution in [1.29, 1.82) is 0 Å². The first-order chi connectivity index (χ1) is 23.2. The van der Waals surface area contributed by atoms with Crippen molar-refractivity contribution in [3.8, 4) is 0 Å². The van der Waals surface area contributed by atoms with E-state index in [4.69, 9.17) is 16.3 Å². The molecular weight excluding hydrogens is 652 g/mol. The molecular formula is C37H54ClF2N5O4. The third-order valence-electron chi connectivity index (χ3n) is 11.7. The van der Waals surface area contributed by atoms with Crippen LogP contribution in [0.2, 0.25) is 5.02 Å². The fourth-order valence-corrected chi connectivity index (χ4v) is 8.87. The summed E-state index contributed by atoms with van der Waals surface area (Å²) in [5.41, 5.74) is 0.298. The van der Waals surface area contributed by atoms with Crippen LogP contribution in [-0.4, -0.2) is 138 Å². The zero-order valence-electron chi connectivity index (χ0n) is 29.6. The average Bonchev–Trinajstić information content (AvgIpc) is 3.72. The van der Waals surface area contributed by atoms with Crippen LogP contribution < -0.4 is 0 Å². The highest BCUT2D eigenvalue weighted by atomic mass is 35.5. The molecule has 49 heavy (non-hydrogen) atoms. The van der Waals surface area contributed by atoms with E-state index in [0.717, 1.165) is 38.0 Å². The third-order valence-corrected chi connectivity index (χ3v) is 11.9. The minimum Gasteiger partial charge on any atom is -0.381 e. The van der Waals surface area contributed by atoms with E-state index in [0.29, 0.717) is 50.3 Å². The van der Waals surface area contributed by atoms with Gasteiger partial charge in [0.1, 0.15) is 6.04 Å². The number of benzene rings is 1. The fourth-order valence-electron chi connectivity index (χ4n) is 8.74. The van der Waals surface area contributed by atoms with Gasteiger partial charge in [-0.05, 0) is 56.8 Å². The number of ether oxygens (including phenoxy) is 1. The Morgan fingerprint density at radius 1 is 0.878 bits per heavy atom. The predicted molar refractivity (Wildman–Crippen MR) is 185 cm³/mol. The van der Waals surface area contributed by atoms with E-state index in [1.807, 2.05) is 61.9 Å². The number of piperazine rings is 1. The maximum absolute atomic E-state index is 15.0. The maximum Gasteiger partial charge on any atom is 0.248 e. The lowest BCUT2D eigenvalue weighted by atomic mass is 9.86. The van der Waals surface area contributed by atoms with Gasteiger partial charge in [0.15, 0.2) is 0 Å². The summed E-state index contributed by atoms with van der Waals surface area (Å²) in [7, 11) is 2.04. The summed E-state index contributed by atoms with van der Waals surface area (Å²) in [6.07, 6.45) is 2.02. The maximum atomic E-state index is 15.0. The van der Waals surface area contributed by atoms with Crippen LogP contribution in [0.5, 0.6) is 0 Å². The zero-order chi connectivity index (χ0) is 35.1. The van der Waals surface area contributed by atoms with E-state index in [1.54, 1.807) is 4.90 Å². The molecule has 0 N–H and O–H groups in total. The molecule has 1 unspecified atom stereocenters. The Morgan fingerprint density at radius 3 is 2.12 bits per heavy atom. The van der Waals surface area contributed by atoms with E-state index >= 15 is 4.79 Å². The molecule has 9 nitrogen and oxygen atoms in total. The molecule has 1 aromatic rings. The molecule has 3 amide bonds. The van der Waals surface area contributed by atoms with Crippen molar-refractivity contribution in [3.63, 3.8) is 0 Å². The van der Waals surface area contributed by atoms with Crippen LogP contribution >= 0.6 is 11.6 Å². The molecule has 1 saturated carbocycles. The molecule has 12 heteroatoms. The van der Waals surface area contributed by atoms with Crippen LogP contribution in [0.15, 0.2) is 24.3 Å². The minimum atomic E-state index is -2.74. The fraction of sp³-hybridized carbons (Fsp3) is 0.757. The highest BCUT2D eigenvalue weighted by molar-refractivity contribution is 6.30. The SMILES string of the molecule is CN1CCN(C(=O)[C@@H]2CC(N(C(=O)C(C)(C)C)C3CCC(F)(F)CC3)CN2C(=O)[C@@H]2CN(C3CCOCC3)C[C@H]2c2ccc(Cl)cc2)CC1. The second-order valence-electron chi connectivity index (χ2n) is 16.1. The Kier molecular flexibility index (Phi) is 10.9. The molecule has 6 rings (SSSR count). The number of alkyl halides is 2. The predicted octanol–water partition coefficient (Wildman–Crippen LogP) is 4.73. The number of hydrogen-bond acceptors (Lipinski definition) is 6. The van der Waals surface area contributed by atoms with Crippen LogP contribution in [0.4, 0.5) is 8.78 Å². The van der Waals surface area contributed by atoms with Crippen molar-refractivity contribution < 1.29 is 27.9 Å². The van der Waals surface area contributed by atoms with Crippen molar-refractivity contribution in [2.75, 3.05) is 66.1 Å². The summed E-state index contributed by atoms with van der Waals surface area (Å²) in [5.74, 6) is -3.46. The Hall–Kier alpha value is -2.34. The molecule has 1 aromatic carbocycles. The Balaban J connectivity index is 1.32. The Bertz CT molecular complexity index is 1330. The van der Waals surface area contributed by atoms with Crippen molar-refractivity contribution >= 4 is 29.3 Å². The topological polar surface area (TPSA) is 76.6 Å². The van der Waals surface area contributed by atoms with Crippen molar-refractivity contribution in [2.24, 2.45) is 11.3 Å². The van der Waals surface area contributed by atoms with Gasteiger partial charge in [-0.25, -0.2) is 8.78 Å². The second-order valence-corrected chi connectivity index (χ2v) is 16.6. The first-order valence-electron chi connectivity index (χ1n) is 18.3. The van der Waals surface area contributed by atoms with Crippen LogP contribution in [0.3, 0.4) is 0 Å². The molecule has 272 valence electrons. The summed E-state index contributed by atoms with van der Waals surface area (Å²) in [6, 6.07) is 6.55. The van der Waals surface area contributed by atoms with Crippen molar-refractivity contribution in [1.82, 2.24) is 24.5 Å². The van der Waals surface area contributed by atoms with Gasteiger partial charge >= 0.3 is 0 Å². The first kappa shape index (κ1) is 36.5. The molecule has 4 atom stereocenters. The number of hydrogen-bond donors (Lipinski definition) is 0. The van der Waals surface area contributed by atoms with Gasteiger partial charge < -0.3 is 24.3 Å². The molecule has 5 aliphatic rings. The molecule has 0 aromatic heterocycles. The van der Waals surface area contributed by atoms with Gasteiger partial charge in [0, 0.05) is 100 Å². The highest BCUT2D eigenvalue weighted by Gasteiger charge is 2.52. The van der Waals surface area contributed by atoms with Crippen LogP contribution in [0, 0.1) is 11.3 Å². The molecule has 4 saturated heterocycles. The van der Waals surface area contributed by atoms with Gasteiger partial charge in [-0.2, -0.15) is 0 Å². The van der Waals surface area contributed by atoms with Gasteiger partial charge in [0.25, 0.3) is 0 Å². The zero-order valence-corrected chi connectivity index (χ0v) is 30.3. The summed E-state index contributed by atoms with van der Waals surface area (Å²) in [4.78, 5) is 53.7. The monoisotopic (exact) mass is 705 g/mol. The van der Waals surface area contributed by atoms with E-state index in [2.05, 4.69) is 9.80 Å². The van der Waals surface area contributed by atoms with Crippen molar-refractivity contribution in [3.05, 3.63) is 34.9 Å². The summed E-state index contributed by atoms with van der Waals surface area (Å²) < 4.78 is 34.3. The molecule has 5 fully saturated rings. The number of amides is 3. The highest BCUT2D eigenvalue weighted by Crippen LogP contribution is 2.42. The molecule has 4 heterocycles. The van der Waals surface area contributed by atoms with Gasteiger partial charge in [0.2, 0.25) is 23.6 Å². The number of rotatable bonds is 6. The summed E-state index contributed by atoms with van der Waals surface area (Å²) in [5, 5.41) is 0.634. The molecule has 0 spiro atoms. The third kappa shape index (κ3) is 8.10. The smallest absolute Gasteiger partial charge is 0.248 e. The Morgan fingerprint density at radius 2 is 1.51 bits per heavy atom. The largest absolute Gasteiger partial charge is 0.381 e. The number of halogens is 3. The number of likely N-dealkylation sites (tertiary alicyclic amines) is 2. The minimum absolute atomic E-state index is 0.0668. The normalized spacial score (nSPS) is 29.4. The lowest BCUT2D eigenvalue weighted by Gasteiger charge is -2.43. The lowest BCUT2D eigenvalue weighted by Crippen LogP contribution is -2.54. The van der Waals surface area contributed by atoms with E-state index in [9.17, 15) is 18.4 Å². The number of carbonyl (C=O) groups is 3. The van der Waals surface area contributed by atoms with Crippen LogP contribution in [0.1, 0.15) is 77.2 Å². The molecule has 4 aliphatic heterocycles. The van der Waals surface area contributed by atoms with Gasteiger partial charge in [-0.1, -0.05) is 44.5 Å². The average molecular weight is 706 g/mol. The summed E-state index contributed by atoms with van der Waals surface area (Å²) >= 11 is 6.27. The standard InChI is InChI=1S/C37H54ClF2N5O4/c1-36(2,3)35(48)45(28-9-13-37(39,40)14-10-28)29-21-32(34(47)42-17-15-41(4)16-18-42)44(22-29)33(46)31-24-43(27-11-19-49-20-12-27)23-30(31)25-5-7-26(38)8-6-25/h5-8,27-32H,9-24H2,1-4H3/t29?,30-,31+,32-/m0/s1. The van der Waals surface area contributed by atoms with Crippen LogP contribution in [0.25, 0.3) is 0 Å². The van der Waals surface area contributed by atoms with E-state index < -0.39 is 23.4 Å². The number of nitrogens with zero attached hydrogens (tertiary/aromatic N) is 5. The van der Waals surface area contributed by atoms with Crippen molar-refractivity contribution in [2.45, 2.75) is 102 Å². The second kappa shape index (κ2) is 14.7. The Labute approximate surface area is 295 Å². The van der Waals surface area contributed by atoms with Gasteiger partial charge in [0.05, 0.1) is 12.0 Å². The first-order valence-corrected chi connectivity index (χ1v) is 18.7. The van der Waals surface area contributed by atoms with Gasteiger partial charge in [-0.3, -0.25) is 19.3 Å². The van der Waals surface area contributed by atoms with Gasteiger partial charge in [-0.15, -0.1) is 0 Å². The molecule has 0 radical (unpaired) electrons. The van der Waals surface area contributed by atoms with Crippen LogP contribution in [-0.2, 0) is 19.1 Å². The lowest BCUT2D eigenvalue weighted by molar-refractivity contribution is -0.149.